The van der Waals surface area contributed by atoms with Crippen LogP contribution in [0.5, 0.6) is 0 Å². The lowest BCUT2D eigenvalue weighted by molar-refractivity contribution is 1.66. The van der Waals surface area contributed by atoms with E-state index in [9.17, 15) is 0 Å². The van der Waals surface area contributed by atoms with Gasteiger partial charge in [0.25, 0.3) is 0 Å². The van der Waals surface area contributed by atoms with Crippen molar-refractivity contribution in [2.24, 2.45) is 0 Å². The van der Waals surface area contributed by atoms with Crippen molar-refractivity contribution in [2.75, 3.05) is 0 Å². The summed E-state index contributed by atoms with van der Waals surface area (Å²) in [6.45, 7) is 0. The van der Waals surface area contributed by atoms with Gasteiger partial charge in [0.2, 0.25) is 0 Å². The molecule has 0 bridgehead atoms. The standard InChI is InChI=1S/C24H17ISi/c25-21-15-9-17-23-24(21)20-14-7-8-16-22(20)26(23,18-10-3-1-4-11-18)19-12-5-2-6-13-19/h1-17H. The van der Waals surface area contributed by atoms with Gasteiger partial charge in [0, 0.05) is 3.57 Å². The maximum atomic E-state index is 2.50. The van der Waals surface area contributed by atoms with Crippen LogP contribution in [-0.4, -0.2) is 8.07 Å². The molecule has 4 aromatic carbocycles. The minimum Gasteiger partial charge on any atom is -0.0623 e. The van der Waals surface area contributed by atoms with Crippen LogP contribution in [0.25, 0.3) is 11.1 Å². The lowest BCUT2D eigenvalue weighted by atomic mass is 10.1. The lowest BCUT2D eigenvalue weighted by Crippen LogP contribution is -2.72. The first-order valence-corrected chi connectivity index (χ1v) is 11.9. The van der Waals surface area contributed by atoms with Crippen molar-refractivity contribution >= 4 is 51.4 Å². The summed E-state index contributed by atoms with van der Waals surface area (Å²) < 4.78 is 1.34. The van der Waals surface area contributed by atoms with E-state index in [1.54, 1.807) is 0 Å². The van der Waals surface area contributed by atoms with E-state index in [0.29, 0.717) is 0 Å². The van der Waals surface area contributed by atoms with Crippen LogP contribution in [0.1, 0.15) is 0 Å². The highest BCUT2D eigenvalue weighted by Crippen LogP contribution is 2.31. The van der Waals surface area contributed by atoms with E-state index in [-0.39, 0.29) is 0 Å². The zero-order valence-corrected chi connectivity index (χ0v) is 17.4. The van der Waals surface area contributed by atoms with E-state index >= 15 is 0 Å². The Hall–Kier alpha value is -2.17. The number of hydrogen-bond donors (Lipinski definition) is 0. The zero-order valence-electron chi connectivity index (χ0n) is 14.2. The molecule has 1 aliphatic heterocycles. The van der Waals surface area contributed by atoms with Crippen molar-refractivity contribution in [2.45, 2.75) is 0 Å². The summed E-state index contributed by atoms with van der Waals surface area (Å²) in [5.74, 6) is 0. The zero-order chi connectivity index (χ0) is 17.6. The molecule has 0 radical (unpaired) electrons. The summed E-state index contributed by atoms with van der Waals surface area (Å²) in [6, 6.07) is 38.1. The molecule has 26 heavy (non-hydrogen) atoms. The fourth-order valence-corrected chi connectivity index (χ4v) is 10.7. The molecular weight excluding hydrogens is 443 g/mol. The van der Waals surface area contributed by atoms with E-state index in [0.717, 1.165) is 0 Å². The highest BCUT2D eigenvalue weighted by atomic mass is 127. The molecule has 2 heteroatoms. The molecule has 0 fully saturated rings. The molecule has 0 nitrogen and oxygen atoms in total. The smallest absolute Gasteiger partial charge is 0.0623 e. The van der Waals surface area contributed by atoms with Gasteiger partial charge in [0.05, 0.1) is 0 Å². The van der Waals surface area contributed by atoms with E-state index in [2.05, 4.69) is 126 Å². The summed E-state index contributed by atoms with van der Waals surface area (Å²) >= 11 is 2.50. The lowest BCUT2D eigenvalue weighted by Gasteiger charge is -2.31. The van der Waals surface area contributed by atoms with Gasteiger partial charge in [0.1, 0.15) is 0 Å². The molecule has 0 aromatic heterocycles. The summed E-state index contributed by atoms with van der Waals surface area (Å²) in [5, 5.41) is 5.94. The topological polar surface area (TPSA) is 0 Å². The van der Waals surface area contributed by atoms with Crippen molar-refractivity contribution in [1.29, 1.82) is 0 Å². The van der Waals surface area contributed by atoms with Crippen LogP contribution in [0.15, 0.2) is 103 Å². The van der Waals surface area contributed by atoms with Gasteiger partial charge < -0.3 is 0 Å². The summed E-state index contributed by atoms with van der Waals surface area (Å²) in [7, 11) is -2.26. The molecule has 124 valence electrons. The Labute approximate surface area is 168 Å². The number of benzene rings is 4. The average Bonchev–Trinajstić information content (AvgIpc) is 3.02. The van der Waals surface area contributed by atoms with Crippen LogP contribution in [0.2, 0.25) is 0 Å². The molecular formula is C24H17ISi. The van der Waals surface area contributed by atoms with Crippen molar-refractivity contribution < 1.29 is 0 Å². The number of hydrogen-bond acceptors (Lipinski definition) is 0. The van der Waals surface area contributed by atoms with Crippen LogP contribution in [-0.2, 0) is 0 Å². The van der Waals surface area contributed by atoms with E-state index < -0.39 is 8.07 Å². The van der Waals surface area contributed by atoms with E-state index in [1.807, 2.05) is 0 Å². The maximum absolute atomic E-state index is 2.50. The monoisotopic (exact) mass is 460 g/mol. The molecule has 4 aromatic rings. The van der Waals surface area contributed by atoms with Crippen LogP contribution >= 0.6 is 22.6 Å². The predicted molar refractivity (Wildman–Crippen MR) is 122 cm³/mol. The quantitative estimate of drug-likeness (QED) is 0.279. The van der Waals surface area contributed by atoms with Crippen LogP contribution in [0.3, 0.4) is 0 Å². The van der Waals surface area contributed by atoms with Gasteiger partial charge in [-0.1, -0.05) is 97.1 Å². The normalized spacial score (nSPS) is 13.9. The van der Waals surface area contributed by atoms with E-state index in [1.165, 1.54) is 35.4 Å². The summed E-state index contributed by atoms with van der Waals surface area (Å²) in [5.41, 5.74) is 2.84. The third-order valence-electron chi connectivity index (χ3n) is 5.43. The highest BCUT2D eigenvalue weighted by Gasteiger charge is 2.48. The molecule has 0 saturated heterocycles. The Morgan fingerprint density at radius 3 is 1.69 bits per heavy atom. The Bertz CT molecular complexity index is 1050. The Balaban J connectivity index is 2.00. The minimum atomic E-state index is -2.26. The van der Waals surface area contributed by atoms with Gasteiger partial charge in [-0.2, -0.15) is 0 Å². The summed E-state index contributed by atoms with van der Waals surface area (Å²) in [4.78, 5) is 0. The van der Waals surface area contributed by atoms with Crippen molar-refractivity contribution in [3.05, 3.63) is 107 Å². The van der Waals surface area contributed by atoms with Crippen LogP contribution < -0.4 is 20.7 Å². The fraction of sp³-hybridized carbons (Fsp3) is 0. The van der Waals surface area contributed by atoms with Gasteiger partial charge in [-0.3, -0.25) is 0 Å². The minimum absolute atomic E-state index is 1.34. The molecule has 1 aliphatic rings. The first-order chi connectivity index (χ1) is 12.8. The maximum Gasteiger partial charge on any atom is 0.180 e. The second-order valence-electron chi connectivity index (χ2n) is 6.69. The number of rotatable bonds is 2. The predicted octanol–water partition coefficient (Wildman–Crippen LogP) is 3.65. The molecule has 0 N–H and O–H groups in total. The molecule has 0 unspecified atom stereocenters. The van der Waals surface area contributed by atoms with Gasteiger partial charge >= 0.3 is 0 Å². The summed E-state index contributed by atoms with van der Waals surface area (Å²) in [6.07, 6.45) is 0. The largest absolute Gasteiger partial charge is 0.180 e. The number of halogens is 1. The van der Waals surface area contributed by atoms with Crippen LogP contribution in [0.4, 0.5) is 0 Å². The fourth-order valence-electron chi connectivity index (χ4n) is 4.45. The molecule has 5 rings (SSSR count). The van der Waals surface area contributed by atoms with Gasteiger partial charge in [-0.15, -0.1) is 0 Å². The first kappa shape index (κ1) is 16.0. The first-order valence-electron chi connectivity index (χ1n) is 8.83. The molecule has 0 spiro atoms. The van der Waals surface area contributed by atoms with Gasteiger partial charge in [0.15, 0.2) is 8.07 Å². The third kappa shape index (κ3) is 2.12. The average molecular weight is 460 g/mol. The second kappa shape index (κ2) is 6.22. The third-order valence-corrected chi connectivity index (χ3v) is 11.2. The van der Waals surface area contributed by atoms with Gasteiger partial charge in [-0.25, -0.2) is 0 Å². The van der Waals surface area contributed by atoms with E-state index in [4.69, 9.17) is 0 Å². The van der Waals surface area contributed by atoms with Gasteiger partial charge in [-0.05, 0) is 60.5 Å². The Morgan fingerprint density at radius 2 is 1.04 bits per heavy atom. The van der Waals surface area contributed by atoms with Crippen molar-refractivity contribution in [1.82, 2.24) is 0 Å². The molecule has 0 amide bonds. The number of fused-ring (bicyclic) bond motifs is 3. The van der Waals surface area contributed by atoms with Crippen LogP contribution in [0, 0.1) is 3.57 Å². The Morgan fingerprint density at radius 1 is 0.500 bits per heavy atom. The van der Waals surface area contributed by atoms with Crippen molar-refractivity contribution in [3.8, 4) is 11.1 Å². The molecule has 0 aliphatic carbocycles. The molecule has 1 heterocycles. The molecule has 0 atom stereocenters. The second-order valence-corrected chi connectivity index (χ2v) is 11.6. The molecule has 0 saturated carbocycles. The highest BCUT2D eigenvalue weighted by molar-refractivity contribution is 14.1. The van der Waals surface area contributed by atoms with Crippen molar-refractivity contribution in [3.63, 3.8) is 0 Å². The Kier molecular flexibility index (Phi) is 3.83. The SMILES string of the molecule is Ic1cccc2c1-c1ccccc1[Si]2(c1ccccc1)c1ccccc1.